The molecule has 16 heavy (non-hydrogen) atoms. The number of benzene rings is 1. The number of hydrogen-bond donors (Lipinski definition) is 0. The van der Waals surface area contributed by atoms with Gasteiger partial charge in [-0.2, -0.15) is 0 Å². The summed E-state index contributed by atoms with van der Waals surface area (Å²) in [6.45, 7) is 8.27. The first-order valence-electron chi connectivity index (χ1n) is 5.47. The minimum absolute atomic E-state index is 0.279. The van der Waals surface area contributed by atoms with Crippen LogP contribution < -0.4 is 0 Å². The molecule has 0 saturated carbocycles. The molecule has 1 rings (SSSR count). The van der Waals surface area contributed by atoms with Crippen molar-refractivity contribution in [3.63, 3.8) is 0 Å². The van der Waals surface area contributed by atoms with E-state index in [1.165, 1.54) is 17.2 Å². The Morgan fingerprint density at radius 1 is 1.31 bits per heavy atom. The summed E-state index contributed by atoms with van der Waals surface area (Å²) in [4.78, 5) is 11.3. The lowest BCUT2D eigenvalue weighted by atomic mass is 10.0. The van der Waals surface area contributed by atoms with E-state index in [0.717, 1.165) is 11.1 Å². The second-order valence-electron chi connectivity index (χ2n) is 3.88. The molecule has 0 radical (unpaired) electrons. The third kappa shape index (κ3) is 3.23. The highest BCUT2D eigenvalue weighted by molar-refractivity contribution is 5.90. The predicted molar refractivity (Wildman–Crippen MR) is 66.2 cm³/mol. The maximum Gasteiger partial charge on any atom is 0.331 e. The molecule has 0 fully saturated rings. The molecular weight excluding hydrogens is 200 g/mol. The van der Waals surface area contributed by atoms with Gasteiger partial charge in [-0.05, 0) is 50.0 Å². The summed E-state index contributed by atoms with van der Waals surface area (Å²) in [6.07, 6.45) is 1.54. The molecule has 0 aromatic heterocycles. The van der Waals surface area contributed by atoms with E-state index in [-0.39, 0.29) is 5.97 Å². The van der Waals surface area contributed by atoms with Crippen molar-refractivity contribution >= 4 is 11.5 Å². The Balaban J connectivity index is 2.91. The minimum atomic E-state index is -0.279. The van der Waals surface area contributed by atoms with Crippen LogP contribution in [-0.4, -0.2) is 12.6 Å². The minimum Gasteiger partial charge on any atom is -0.463 e. The van der Waals surface area contributed by atoms with Gasteiger partial charge in [0.25, 0.3) is 0 Å². The fourth-order valence-corrected chi connectivity index (χ4v) is 1.43. The lowest BCUT2D eigenvalue weighted by Crippen LogP contribution is -2.00. The van der Waals surface area contributed by atoms with E-state index >= 15 is 0 Å². The molecular formula is C14H18O2. The average Bonchev–Trinajstić information content (AvgIpc) is 2.22. The number of esters is 1. The van der Waals surface area contributed by atoms with Gasteiger partial charge in [-0.25, -0.2) is 4.79 Å². The highest BCUT2D eigenvalue weighted by atomic mass is 16.5. The van der Waals surface area contributed by atoms with Crippen molar-refractivity contribution in [1.29, 1.82) is 0 Å². The first-order valence-corrected chi connectivity index (χ1v) is 5.47. The van der Waals surface area contributed by atoms with E-state index in [0.29, 0.717) is 6.61 Å². The van der Waals surface area contributed by atoms with Crippen molar-refractivity contribution in [2.45, 2.75) is 27.7 Å². The lowest BCUT2D eigenvalue weighted by Gasteiger charge is -2.05. The summed E-state index contributed by atoms with van der Waals surface area (Å²) in [5.41, 5.74) is 4.49. The van der Waals surface area contributed by atoms with Crippen LogP contribution >= 0.6 is 0 Å². The summed E-state index contributed by atoms with van der Waals surface area (Å²) in [5.74, 6) is -0.279. The van der Waals surface area contributed by atoms with Gasteiger partial charge in [0.15, 0.2) is 0 Å². The maximum absolute atomic E-state index is 11.3. The van der Waals surface area contributed by atoms with Crippen LogP contribution in [0.2, 0.25) is 0 Å². The SMILES string of the molecule is CCOC(=O)/C=C(\C)c1ccc(C)c(C)c1. The van der Waals surface area contributed by atoms with Gasteiger partial charge in [-0.15, -0.1) is 0 Å². The Hall–Kier alpha value is -1.57. The summed E-state index contributed by atoms with van der Waals surface area (Å²) in [5, 5.41) is 0. The zero-order chi connectivity index (χ0) is 12.1. The Bertz CT molecular complexity index is 417. The van der Waals surface area contributed by atoms with Crippen LogP contribution in [0.3, 0.4) is 0 Å². The highest BCUT2D eigenvalue weighted by Crippen LogP contribution is 2.17. The van der Waals surface area contributed by atoms with Crippen molar-refractivity contribution in [2.75, 3.05) is 6.61 Å². The van der Waals surface area contributed by atoms with Crippen LogP contribution in [0, 0.1) is 13.8 Å². The van der Waals surface area contributed by atoms with E-state index in [1.807, 2.05) is 13.0 Å². The summed E-state index contributed by atoms with van der Waals surface area (Å²) < 4.78 is 4.87. The van der Waals surface area contributed by atoms with Crippen LogP contribution in [0.1, 0.15) is 30.5 Å². The molecule has 0 saturated heterocycles. The predicted octanol–water partition coefficient (Wildman–Crippen LogP) is 3.27. The first-order chi connectivity index (χ1) is 7.54. The number of hydrogen-bond acceptors (Lipinski definition) is 2. The first kappa shape index (κ1) is 12.5. The van der Waals surface area contributed by atoms with Gasteiger partial charge in [-0.3, -0.25) is 0 Å². The number of carbonyl (C=O) groups excluding carboxylic acids is 1. The van der Waals surface area contributed by atoms with Crippen molar-refractivity contribution in [2.24, 2.45) is 0 Å². The van der Waals surface area contributed by atoms with E-state index in [9.17, 15) is 4.79 Å². The number of allylic oxidation sites excluding steroid dienone is 1. The second kappa shape index (κ2) is 5.50. The zero-order valence-corrected chi connectivity index (χ0v) is 10.3. The van der Waals surface area contributed by atoms with Gasteiger partial charge < -0.3 is 4.74 Å². The van der Waals surface area contributed by atoms with Crippen molar-refractivity contribution in [3.8, 4) is 0 Å². The topological polar surface area (TPSA) is 26.3 Å². The third-order valence-corrected chi connectivity index (χ3v) is 2.58. The molecule has 1 aromatic carbocycles. The Labute approximate surface area is 96.9 Å². The standard InChI is InChI=1S/C14H18O2/c1-5-16-14(15)9-12(4)13-7-6-10(2)11(3)8-13/h6-9H,5H2,1-4H3/b12-9+. The molecule has 1 aromatic rings. The summed E-state index contributed by atoms with van der Waals surface area (Å²) in [6, 6.07) is 6.17. The zero-order valence-electron chi connectivity index (χ0n) is 10.3. The average molecular weight is 218 g/mol. The molecule has 0 aliphatic heterocycles. The van der Waals surface area contributed by atoms with E-state index in [2.05, 4.69) is 26.0 Å². The van der Waals surface area contributed by atoms with Crippen LogP contribution in [0.15, 0.2) is 24.3 Å². The molecule has 0 unspecified atom stereocenters. The van der Waals surface area contributed by atoms with Gasteiger partial charge in [0.1, 0.15) is 0 Å². The normalized spacial score (nSPS) is 11.4. The van der Waals surface area contributed by atoms with Crippen LogP contribution in [0.25, 0.3) is 5.57 Å². The summed E-state index contributed by atoms with van der Waals surface area (Å²) >= 11 is 0. The van der Waals surface area contributed by atoms with E-state index in [4.69, 9.17) is 4.74 Å². The van der Waals surface area contributed by atoms with Gasteiger partial charge in [0, 0.05) is 6.08 Å². The fourth-order valence-electron chi connectivity index (χ4n) is 1.43. The number of carbonyl (C=O) groups is 1. The highest BCUT2D eigenvalue weighted by Gasteiger charge is 2.02. The lowest BCUT2D eigenvalue weighted by molar-refractivity contribution is -0.137. The summed E-state index contributed by atoms with van der Waals surface area (Å²) in [7, 11) is 0. The smallest absolute Gasteiger partial charge is 0.331 e. The van der Waals surface area contributed by atoms with Crippen molar-refractivity contribution < 1.29 is 9.53 Å². The fraction of sp³-hybridized carbons (Fsp3) is 0.357. The molecule has 0 aliphatic rings. The quantitative estimate of drug-likeness (QED) is 0.575. The van der Waals surface area contributed by atoms with E-state index in [1.54, 1.807) is 6.92 Å². The molecule has 0 N–H and O–H groups in total. The molecule has 0 atom stereocenters. The number of rotatable bonds is 3. The molecule has 0 spiro atoms. The molecule has 0 bridgehead atoms. The van der Waals surface area contributed by atoms with Gasteiger partial charge in [0.05, 0.1) is 6.61 Å². The molecule has 0 amide bonds. The van der Waals surface area contributed by atoms with Crippen LogP contribution in [-0.2, 0) is 9.53 Å². The number of ether oxygens (including phenoxy) is 1. The molecule has 0 heterocycles. The van der Waals surface area contributed by atoms with Gasteiger partial charge >= 0.3 is 5.97 Å². The third-order valence-electron chi connectivity index (χ3n) is 2.58. The molecule has 2 nitrogen and oxygen atoms in total. The Morgan fingerprint density at radius 3 is 2.56 bits per heavy atom. The molecule has 2 heteroatoms. The van der Waals surface area contributed by atoms with Crippen LogP contribution in [0.5, 0.6) is 0 Å². The maximum atomic E-state index is 11.3. The van der Waals surface area contributed by atoms with E-state index < -0.39 is 0 Å². The van der Waals surface area contributed by atoms with Gasteiger partial charge in [-0.1, -0.05) is 18.2 Å². The second-order valence-corrected chi connectivity index (χ2v) is 3.88. The Kier molecular flexibility index (Phi) is 4.29. The van der Waals surface area contributed by atoms with Crippen molar-refractivity contribution in [3.05, 3.63) is 41.0 Å². The van der Waals surface area contributed by atoms with Crippen LogP contribution in [0.4, 0.5) is 0 Å². The monoisotopic (exact) mass is 218 g/mol. The molecule has 86 valence electrons. The Morgan fingerprint density at radius 2 is 2.00 bits per heavy atom. The largest absolute Gasteiger partial charge is 0.463 e. The van der Waals surface area contributed by atoms with Gasteiger partial charge in [0.2, 0.25) is 0 Å². The molecule has 0 aliphatic carbocycles. The number of aryl methyl sites for hydroxylation is 2. The van der Waals surface area contributed by atoms with Crippen molar-refractivity contribution in [1.82, 2.24) is 0 Å².